The third-order valence-corrected chi connectivity index (χ3v) is 2.69. The number of hydrogen-bond acceptors (Lipinski definition) is 3. The molecule has 1 atom stereocenters. The second-order valence-corrected chi connectivity index (χ2v) is 4.01. The van der Waals surface area contributed by atoms with Crippen LogP contribution < -0.4 is 5.32 Å². The summed E-state index contributed by atoms with van der Waals surface area (Å²) in [4.78, 5) is 13.4. The summed E-state index contributed by atoms with van der Waals surface area (Å²) in [5.41, 5.74) is 0. The Labute approximate surface area is 92.0 Å². The molecule has 0 aromatic rings. The van der Waals surface area contributed by atoms with Crippen LogP contribution >= 0.6 is 0 Å². The van der Waals surface area contributed by atoms with Crippen molar-refractivity contribution in [1.82, 2.24) is 10.2 Å². The monoisotopic (exact) mass is 214 g/mol. The zero-order chi connectivity index (χ0) is 11.1. The summed E-state index contributed by atoms with van der Waals surface area (Å²) in [7, 11) is 1.86. The van der Waals surface area contributed by atoms with E-state index in [1.807, 2.05) is 14.0 Å². The molecular formula is C11H22N2O2. The van der Waals surface area contributed by atoms with Crippen molar-refractivity contribution in [3.63, 3.8) is 0 Å². The third kappa shape index (κ3) is 4.62. The molecule has 4 nitrogen and oxygen atoms in total. The van der Waals surface area contributed by atoms with Crippen molar-refractivity contribution in [3.05, 3.63) is 0 Å². The Balaban J connectivity index is 2.14. The number of amides is 1. The molecule has 1 rings (SSSR count). The van der Waals surface area contributed by atoms with E-state index in [9.17, 15) is 4.79 Å². The topological polar surface area (TPSA) is 41.6 Å². The quantitative estimate of drug-likeness (QED) is 0.659. The van der Waals surface area contributed by atoms with Crippen molar-refractivity contribution in [2.24, 2.45) is 0 Å². The molecule has 15 heavy (non-hydrogen) atoms. The van der Waals surface area contributed by atoms with E-state index < -0.39 is 0 Å². The standard InChI is InChI=1S/C11H22N2O2/c1-3-12-7-6-11(14)13(2)9-10-5-4-8-15-10/h10,12H,3-9H2,1-2H3. The van der Waals surface area contributed by atoms with Gasteiger partial charge in [-0.1, -0.05) is 6.92 Å². The number of rotatable bonds is 6. The molecule has 1 saturated heterocycles. The second-order valence-electron chi connectivity index (χ2n) is 4.01. The molecule has 0 spiro atoms. The van der Waals surface area contributed by atoms with Crippen LogP contribution in [0.4, 0.5) is 0 Å². The van der Waals surface area contributed by atoms with Gasteiger partial charge in [-0.25, -0.2) is 0 Å². The second kappa shape index (κ2) is 6.80. The predicted octanol–water partition coefficient (Wildman–Crippen LogP) is 0.623. The molecule has 1 unspecified atom stereocenters. The maximum atomic E-state index is 11.6. The van der Waals surface area contributed by atoms with E-state index in [0.717, 1.165) is 39.1 Å². The number of ether oxygens (including phenoxy) is 1. The van der Waals surface area contributed by atoms with Gasteiger partial charge in [0, 0.05) is 33.2 Å². The van der Waals surface area contributed by atoms with E-state index >= 15 is 0 Å². The summed E-state index contributed by atoms with van der Waals surface area (Å²) in [5.74, 6) is 0.200. The van der Waals surface area contributed by atoms with Gasteiger partial charge in [0.1, 0.15) is 0 Å². The summed E-state index contributed by atoms with van der Waals surface area (Å²) in [6.45, 7) is 5.32. The highest BCUT2D eigenvalue weighted by Gasteiger charge is 2.19. The van der Waals surface area contributed by atoms with Crippen LogP contribution in [0.1, 0.15) is 26.2 Å². The first-order valence-corrected chi connectivity index (χ1v) is 5.80. The Hall–Kier alpha value is -0.610. The SMILES string of the molecule is CCNCCC(=O)N(C)CC1CCCO1. The maximum Gasteiger partial charge on any atom is 0.223 e. The van der Waals surface area contributed by atoms with E-state index in [1.54, 1.807) is 4.90 Å². The first-order chi connectivity index (χ1) is 7.24. The molecule has 1 heterocycles. The van der Waals surface area contributed by atoms with Gasteiger partial charge in [0.05, 0.1) is 6.10 Å². The van der Waals surface area contributed by atoms with E-state index in [-0.39, 0.29) is 12.0 Å². The van der Waals surface area contributed by atoms with Crippen molar-refractivity contribution >= 4 is 5.91 Å². The van der Waals surface area contributed by atoms with Crippen molar-refractivity contribution < 1.29 is 9.53 Å². The number of hydrogen-bond donors (Lipinski definition) is 1. The highest BCUT2D eigenvalue weighted by atomic mass is 16.5. The van der Waals surface area contributed by atoms with Crippen LogP contribution in [0.3, 0.4) is 0 Å². The lowest BCUT2D eigenvalue weighted by molar-refractivity contribution is -0.131. The van der Waals surface area contributed by atoms with E-state index in [0.29, 0.717) is 6.42 Å². The molecule has 0 saturated carbocycles. The summed E-state index contributed by atoms with van der Waals surface area (Å²) >= 11 is 0. The van der Waals surface area contributed by atoms with Crippen LogP contribution in [0.5, 0.6) is 0 Å². The minimum Gasteiger partial charge on any atom is -0.376 e. The van der Waals surface area contributed by atoms with Gasteiger partial charge in [-0.05, 0) is 19.4 Å². The van der Waals surface area contributed by atoms with E-state index in [2.05, 4.69) is 5.32 Å². The summed E-state index contributed by atoms with van der Waals surface area (Å²) in [6.07, 6.45) is 3.06. The third-order valence-electron chi connectivity index (χ3n) is 2.69. The summed E-state index contributed by atoms with van der Waals surface area (Å²) in [5, 5.41) is 3.15. The predicted molar refractivity (Wildman–Crippen MR) is 59.8 cm³/mol. The lowest BCUT2D eigenvalue weighted by atomic mass is 10.2. The van der Waals surface area contributed by atoms with Crippen LogP contribution in [-0.4, -0.2) is 50.2 Å². The van der Waals surface area contributed by atoms with Crippen molar-refractivity contribution in [3.8, 4) is 0 Å². The molecule has 0 aliphatic carbocycles. The molecule has 1 amide bonds. The Morgan fingerprint density at radius 3 is 3.00 bits per heavy atom. The van der Waals surface area contributed by atoms with Gasteiger partial charge in [-0.15, -0.1) is 0 Å². The lowest BCUT2D eigenvalue weighted by Gasteiger charge is -2.20. The summed E-state index contributed by atoms with van der Waals surface area (Å²) < 4.78 is 5.49. The normalized spacial score (nSPS) is 20.5. The van der Waals surface area contributed by atoms with Gasteiger partial charge >= 0.3 is 0 Å². The zero-order valence-electron chi connectivity index (χ0n) is 9.79. The number of nitrogens with zero attached hydrogens (tertiary/aromatic N) is 1. The fraction of sp³-hybridized carbons (Fsp3) is 0.909. The van der Waals surface area contributed by atoms with Crippen molar-refractivity contribution in [1.29, 1.82) is 0 Å². The van der Waals surface area contributed by atoms with Gasteiger partial charge in [-0.2, -0.15) is 0 Å². The van der Waals surface area contributed by atoms with Crippen molar-refractivity contribution in [2.45, 2.75) is 32.3 Å². The zero-order valence-corrected chi connectivity index (χ0v) is 9.79. The lowest BCUT2D eigenvalue weighted by Crippen LogP contribution is -2.35. The molecule has 1 fully saturated rings. The Morgan fingerprint density at radius 1 is 1.60 bits per heavy atom. The fourth-order valence-electron chi connectivity index (χ4n) is 1.76. The van der Waals surface area contributed by atoms with Crippen LogP contribution in [0.15, 0.2) is 0 Å². The highest BCUT2D eigenvalue weighted by molar-refractivity contribution is 5.76. The minimum atomic E-state index is 0.200. The van der Waals surface area contributed by atoms with Gasteiger partial charge in [0.2, 0.25) is 5.91 Å². The van der Waals surface area contributed by atoms with Crippen molar-refractivity contribution in [2.75, 3.05) is 33.3 Å². The minimum absolute atomic E-state index is 0.200. The van der Waals surface area contributed by atoms with Gasteiger partial charge in [-0.3, -0.25) is 4.79 Å². The molecule has 0 radical (unpaired) electrons. The highest BCUT2D eigenvalue weighted by Crippen LogP contribution is 2.12. The van der Waals surface area contributed by atoms with Gasteiger partial charge in [0.15, 0.2) is 0 Å². The molecule has 0 bridgehead atoms. The molecule has 0 aromatic heterocycles. The fourth-order valence-corrected chi connectivity index (χ4v) is 1.76. The van der Waals surface area contributed by atoms with Gasteiger partial charge in [0.25, 0.3) is 0 Å². The molecule has 4 heteroatoms. The van der Waals surface area contributed by atoms with E-state index in [4.69, 9.17) is 4.74 Å². The van der Waals surface area contributed by atoms with Gasteiger partial charge < -0.3 is 15.0 Å². The van der Waals surface area contributed by atoms with Crippen LogP contribution in [-0.2, 0) is 9.53 Å². The largest absolute Gasteiger partial charge is 0.376 e. The maximum absolute atomic E-state index is 11.6. The molecule has 1 N–H and O–H groups in total. The first kappa shape index (κ1) is 12.5. The molecular weight excluding hydrogens is 192 g/mol. The number of likely N-dealkylation sites (N-methyl/N-ethyl adjacent to an activating group) is 1. The Morgan fingerprint density at radius 2 is 2.40 bits per heavy atom. The Bertz CT molecular complexity index is 191. The smallest absolute Gasteiger partial charge is 0.223 e. The number of nitrogens with one attached hydrogen (secondary N) is 1. The molecule has 88 valence electrons. The van der Waals surface area contributed by atoms with Crippen LogP contribution in [0.25, 0.3) is 0 Å². The Kier molecular flexibility index (Phi) is 5.65. The summed E-state index contributed by atoms with van der Waals surface area (Å²) in [6, 6.07) is 0. The first-order valence-electron chi connectivity index (χ1n) is 5.80. The van der Waals surface area contributed by atoms with E-state index in [1.165, 1.54) is 0 Å². The molecule has 1 aliphatic rings. The van der Waals surface area contributed by atoms with Crippen LogP contribution in [0.2, 0.25) is 0 Å². The number of carbonyl (C=O) groups is 1. The molecule has 0 aromatic carbocycles. The molecule has 1 aliphatic heterocycles. The average Bonchev–Trinajstić information content (AvgIpc) is 2.70. The number of carbonyl (C=O) groups excluding carboxylic acids is 1. The average molecular weight is 214 g/mol. The van der Waals surface area contributed by atoms with Crippen LogP contribution in [0, 0.1) is 0 Å².